The number of nitrogens with one attached hydrogen (secondary N) is 6. The summed E-state index contributed by atoms with van der Waals surface area (Å²) in [4.78, 5) is 81.0. The van der Waals surface area contributed by atoms with Gasteiger partial charge in [0.2, 0.25) is 11.9 Å². The highest BCUT2D eigenvalue weighted by molar-refractivity contribution is 6.04. The number of aromatic nitrogens is 18. The smallest absolute Gasteiger partial charge is 0.218 e. The molecule has 0 unspecified atom stereocenters. The van der Waals surface area contributed by atoms with E-state index in [-0.39, 0.29) is 47.8 Å². The molecule has 0 spiro atoms. The Morgan fingerprint density at radius 1 is 0.426 bits per heavy atom. The van der Waals surface area contributed by atoms with Crippen molar-refractivity contribution in [2.75, 3.05) is 53.2 Å². The van der Waals surface area contributed by atoms with Crippen molar-refractivity contribution < 1.29 is 37.4 Å². The van der Waals surface area contributed by atoms with Crippen LogP contribution in [0.3, 0.4) is 0 Å². The van der Waals surface area contributed by atoms with Gasteiger partial charge in [0, 0.05) is 120 Å². The van der Waals surface area contributed by atoms with Crippen LogP contribution in [0, 0.1) is 18.8 Å². The van der Waals surface area contributed by atoms with Crippen LogP contribution < -0.4 is 46.1 Å². The molecule has 562 valence electrons. The van der Waals surface area contributed by atoms with E-state index >= 15 is 0 Å². The van der Waals surface area contributed by atoms with Gasteiger partial charge in [0.25, 0.3) is 0 Å². The maximum atomic E-state index is 14.6. The standard InChI is InChI=1S/C27H30FN7O2.C26H29FN8O2.C22H25N9O2.CH4/c1-7-21(36)17-14-29-23(32-22-12-11-18(25(28)33-22)27(2,3)4)13-20(17)31-19-10-8-9-16(24(19)37-6)26-30-15-35(5)34-26;1-7-19(36)16-13-29-21(32-20-9-8-17(23(27)33-20)26(2,3)4)12-18(16)31-25-22(37-6)15(10-11-28-25)24-30-14-35(5)34-24;1-6-17(32)15-11-24-18(27-19-9-13(2)31(4)28-19)10-16(15)26-22-20(33-5)14(7-8-23-22)21-25-12-30(3)29-21;/h8-15H,7H2,1-6H3,(H2,29,31,32,33);8-14H,7H2,1-6H3,(H2,28,29,31,32,33);7-12H,6H2,1-5H3,(H2,23,24,26,27,28);1H4. The predicted octanol–water partition coefficient (Wildman–Crippen LogP) is 15.0. The molecule has 11 aromatic heterocycles. The number of rotatable bonds is 24. The molecule has 0 bridgehead atoms. The fourth-order valence-electron chi connectivity index (χ4n) is 10.9. The number of benzene rings is 1. The molecule has 108 heavy (non-hydrogen) atoms. The number of Topliss-reactive ketones (excluding diaryl/α,β-unsaturated/α-hetero) is 3. The number of carbonyl (C=O) groups excluding carboxylic acids is 3. The third kappa shape index (κ3) is 18.7. The molecular weight excluding hydrogens is 1380 g/mol. The number of pyridine rings is 7. The van der Waals surface area contributed by atoms with Crippen molar-refractivity contribution in [1.29, 1.82) is 0 Å². The zero-order chi connectivity index (χ0) is 77.0. The summed E-state index contributed by atoms with van der Waals surface area (Å²) in [5, 5.41) is 36.4. The summed E-state index contributed by atoms with van der Waals surface area (Å²) < 4.78 is 52.8. The lowest BCUT2D eigenvalue weighted by atomic mass is 9.88. The molecule has 12 aromatic rings. The second-order valence-electron chi connectivity index (χ2n) is 26.4. The van der Waals surface area contributed by atoms with Gasteiger partial charge in [-0.25, -0.2) is 49.8 Å². The number of hydrogen-bond acceptors (Lipinski definition) is 26. The molecule has 11 heterocycles. The van der Waals surface area contributed by atoms with Gasteiger partial charge < -0.3 is 46.1 Å². The summed E-state index contributed by atoms with van der Waals surface area (Å²) in [6.07, 6.45) is 13.5. The minimum Gasteiger partial charge on any atom is -0.494 e. The van der Waals surface area contributed by atoms with Crippen LogP contribution in [-0.4, -0.2) is 128 Å². The quantitative estimate of drug-likeness (QED) is 0.0242. The van der Waals surface area contributed by atoms with Crippen molar-refractivity contribution in [3.63, 3.8) is 0 Å². The first kappa shape index (κ1) is 79.1. The monoisotopic (exact) mass is 1470 g/mol. The fourth-order valence-corrected chi connectivity index (χ4v) is 10.9. The van der Waals surface area contributed by atoms with E-state index in [1.807, 2.05) is 79.8 Å². The number of hydrogen-bond donors (Lipinski definition) is 6. The first-order valence-electron chi connectivity index (χ1n) is 34.0. The molecule has 0 aliphatic carbocycles. The topological polar surface area (TPSA) is 351 Å². The third-order valence-corrected chi connectivity index (χ3v) is 16.5. The van der Waals surface area contributed by atoms with Gasteiger partial charge in [-0.15, -0.1) is 0 Å². The Hall–Kier alpha value is -13.0. The Bertz CT molecular complexity index is 4970. The van der Waals surface area contributed by atoms with E-state index in [0.29, 0.717) is 156 Å². The first-order chi connectivity index (χ1) is 51.1. The van der Waals surface area contributed by atoms with Gasteiger partial charge in [0.15, 0.2) is 69.5 Å². The van der Waals surface area contributed by atoms with Crippen LogP contribution in [-0.2, 0) is 39.0 Å². The van der Waals surface area contributed by atoms with Gasteiger partial charge in [-0.3, -0.25) is 33.1 Å². The Labute approximate surface area is 624 Å². The SMILES string of the molecule is C.CCC(=O)c1cnc(Nc2cc(C)n(C)n2)cc1Nc1nccc(-c2ncn(C)n2)c1OC.CCC(=O)c1cnc(Nc2ccc(C(C)(C)C)c(F)n2)cc1Nc1cccc(-c2ncn(C)n2)c1OC.CCC(=O)c1cnc(Nc2ccc(C(C)(C)C)c(F)n2)cc1Nc1nccc(-c2ncn(C)n2)c1OC. The van der Waals surface area contributed by atoms with Crippen LogP contribution in [0.4, 0.5) is 78.1 Å². The number of aryl methyl sites for hydroxylation is 5. The lowest BCUT2D eigenvalue weighted by Gasteiger charge is -2.19. The minimum absolute atomic E-state index is 0. The number of anilines is 12. The van der Waals surface area contributed by atoms with E-state index in [1.165, 1.54) is 19.5 Å². The number of ketones is 3. The molecule has 0 atom stereocenters. The minimum atomic E-state index is -0.553. The summed E-state index contributed by atoms with van der Waals surface area (Å²) in [5.74, 6) is 4.89. The maximum absolute atomic E-state index is 14.6. The first-order valence-corrected chi connectivity index (χ1v) is 34.0. The van der Waals surface area contributed by atoms with E-state index < -0.39 is 11.9 Å². The molecule has 0 saturated heterocycles. The summed E-state index contributed by atoms with van der Waals surface area (Å²) in [7, 11) is 11.9. The highest BCUT2D eigenvalue weighted by Gasteiger charge is 2.26. The van der Waals surface area contributed by atoms with Gasteiger partial charge in [-0.05, 0) is 54.2 Å². The molecule has 6 N–H and O–H groups in total. The molecule has 32 heteroatoms. The van der Waals surface area contributed by atoms with E-state index in [1.54, 1.807) is 167 Å². The Morgan fingerprint density at radius 2 is 0.796 bits per heavy atom. The average Bonchev–Trinajstić information content (AvgIpc) is 1.49. The zero-order valence-electron chi connectivity index (χ0n) is 62.5. The fraction of sp³-hybridized carbons (Fsp3) is 0.303. The lowest BCUT2D eigenvalue weighted by Crippen LogP contribution is -2.15. The van der Waals surface area contributed by atoms with E-state index in [9.17, 15) is 23.2 Å². The summed E-state index contributed by atoms with van der Waals surface area (Å²) >= 11 is 0. The van der Waals surface area contributed by atoms with E-state index in [2.05, 4.69) is 102 Å². The van der Waals surface area contributed by atoms with Crippen molar-refractivity contribution >= 4 is 86.6 Å². The number of methoxy groups -OCH3 is 3. The van der Waals surface area contributed by atoms with Crippen molar-refractivity contribution in [3.05, 3.63) is 174 Å². The normalized spacial score (nSPS) is 11.1. The molecule has 0 radical (unpaired) electrons. The molecule has 1 aromatic carbocycles. The highest BCUT2D eigenvalue weighted by atomic mass is 19.1. The molecular formula is C76H88F2N24O6. The Kier molecular flexibility index (Phi) is 25.1. The molecule has 0 saturated carbocycles. The van der Waals surface area contributed by atoms with Crippen molar-refractivity contribution in [2.24, 2.45) is 28.2 Å². The van der Waals surface area contributed by atoms with Gasteiger partial charge in [-0.1, -0.05) is 87.9 Å². The van der Waals surface area contributed by atoms with Crippen LogP contribution in [0.5, 0.6) is 17.2 Å². The number of nitrogens with zero attached hydrogens (tertiary/aromatic N) is 18. The summed E-state index contributed by atoms with van der Waals surface area (Å²) in [6.45, 7) is 18.9. The second kappa shape index (κ2) is 34.3. The second-order valence-corrected chi connectivity index (χ2v) is 26.4. The van der Waals surface area contributed by atoms with Crippen molar-refractivity contribution in [1.82, 2.24) is 89.0 Å². The number of para-hydroxylation sites is 1. The molecule has 0 aliphatic rings. The van der Waals surface area contributed by atoms with Crippen LogP contribution in [0.2, 0.25) is 0 Å². The van der Waals surface area contributed by atoms with Gasteiger partial charge in [0.05, 0.1) is 77.5 Å². The van der Waals surface area contributed by atoms with E-state index in [0.717, 1.165) is 5.69 Å². The zero-order valence-corrected chi connectivity index (χ0v) is 62.5. The summed E-state index contributed by atoms with van der Waals surface area (Å²) in [5.41, 5.74) is 6.67. The lowest BCUT2D eigenvalue weighted by molar-refractivity contribution is 0.0980. The van der Waals surface area contributed by atoms with Gasteiger partial charge in [0.1, 0.15) is 48.1 Å². The van der Waals surface area contributed by atoms with Crippen LogP contribution in [0.1, 0.15) is 137 Å². The van der Waals surface area contributed by atoms with Gasteiger partial charge in [-0.2, -0.15) is 29.2 Å². The molecule has 0 fully saturated rings. The number of halogens is 2. The molecule has 0 aliphatic heterocycles. The largest absolute Gasteiger partial charge is 0.494 e. The number of carbonyl (C=O) groups is 3. The van der Waals surface area contributed by atoms with Crippen molar-refractivity contribution in [3.8, 4) is 51.4 Å². The van der Waals surface area contributed by atoms with Crippen LogP contribution >= 0.6 is 0 Å². The maximum Gasteiger partial charge on any atom is 0.218 e. The van der Waals surface area contributed by atoms with Crippen LogP contribution in [0.25, 0.3) is 34.2 Å². The molecule has 0 amide bonds. The molecule has 30 nitrogen and oxygen atoms in total. The highest BCUT2D eigenvalue weighted by Crippen LogP contribution is 2.41. The van der Waals surface area contributed by atoms with Crippen LogP contribution in [0.15, 0.2) is 129 Å². The Morgan fingerprint density at radius 3 is 1.12 bits per heavy atom. The third-order valence-electron chi connectivity index (χ3n) is 16.5. The van der Waals surface area contributed by atoms with E-state index in [4.69, 9.17) is 14.2 Å². The predicted molar refractivity (Wildman–Crippen MR) is 411 cm³/mol. The van der Waals surface area contributed by atoms with Crippen molar-refractivity contribution in [2.45, 2.75) is 107 Å². The molecule has 12 rings (SSSR count). The summed E-state index contributed by atoms with van der Waals surface area (Å²) in [6, 6.07) is 22.9. The Balaban J connectivity index is 0.000000186. The number of ether oxygens (including phenoxy) is 3. The average molecular weight is 1470 g/mol. The van der Waals surface area contributed by atoms with Gasteiger partial charge >= 0.3 is 0 Å².